The molecule has 1 aliphatic heterocycles. The standard InChI is InChI=1S/C10H23FN2O3SSi/c1-18(2,3)7-6-16-9-12-17(14,15)13-5-4-10(11)8-13/h10,12H,4-9H2,1-3H3. The molecule has 0 bridgehead atoms. The lowest BCUT2D eigenvalue weighted by Gasteiger charge is -2.18. The van der Waals surface area contributed by atoms with E-state index < -0.39 is 24.5 Å². The topological polar surface area (TPSA) is 58.6 Å². The SMILES string of the molecule is C[Si](C)(C)CCOCNS(=O)(=O)N1CCC(F)C1. The quantitative estimate of drug-likeness (QED) is 0.436. The highest BCUT2D eigenvalue weighted by Crippen LogP contribution is 2.15. The van der Waals surface area contributed by atoms with E-state index in [9.17, 15) is 12.8 Å². The molecule has 1 N–H and O–H groups in total. The first kappa shape index (κ1) is 16.0. The minimum Gasteiger partial charge on any atom is -0.366 e. The van der Waals surface area contributed by atoms with Gasteiger partial charge in [0.25, 0.3) is 10.2 Å². The van der Waals surface area contributed by atoms with Crippen LogP contribution in [-0.2, 0) is 14.9 Å². The van der Waals surface area contributed by atoms with E-state index in [2.05, 4.69) is 24.4 Å². The minimum absolute atomic E-state index is 0.0414. The van der Waals surface area contributed by atoms with Crippen molar-refractivity contribution in [1.82, 2.24) is 9.03 Å². The van der Waals surface area contributed by atoms with Crippen molar-refractivity contribution >= 4 is 18.3 Å². The monoisotopic (exact) mass is 298 g/mol. The van der Waals surface area contributed by atoms with Crippen LogP contribution in [0.4, 0.5) is 4.39 Å². The van der Waals surface area contributed by atoms with Crippen molar-refractivity contribution in [3.63, 3.8) is 0 Å². The average Bonchev–Trinajstić information content (AvgIpc) is 2.63. The number of hydrogen-bond acceptors (Lipinski definition) is 3. The summed E-state index contributed by atoms with van der Waals surface area (Å²) in [7, 11) is -4.73. The van der Waals surface area contributed by atoms with Crippen LogP contribution >= 0.6 is 0 Å². The number of ether oxygens (including phenoxy) is 1. The smallest absolute Gasteiger partial charge is 0.281 e. The summed E-state index contributed by atoms with van der Waals surface area (Å²) < 4.78 is 45.1. The van der Waals surface area contributed by atoms with Gasteiger partial charge in [0, 0.05) is 27.8 Å². The molecule has 1 fully saturated rings. The fraction of sp³-hybridized carbons (Fsp3) is 1.00. The van der Waals surface area contributed by atoms with E-state index in [0.717, 1.165) is 10.3 Å². The van der Waals surface area contributed by atoms with E-state index in [1.54, 1.807) is 0 Å². The largest absolute Gasteiger partial charge is 0.366 e. The summed E-state index contributed by atoms with van der Waals surface area (Å²) in [6.45, 7) is 7.39. The van der Waals surface area contributed by atoms with Gasteiger partial charge in [0.1, 0.15) is 12.9 Å². The maximum atomic E-state index is 12.9. The summed E-state index contributed by atoms with van der Waals surface area (Å²) in [5.41, 5.74) is 0. The van der Waals surface area contributed by atoms with Gasteiger partial charge in [0.15, 0.2) is 0 Å². The summed E-state index contributed by atoms with van der Waals surface area (Å²) in [6.07, 6.45) is -0.772. The molecular weight excluding hydrogens is 275 g/mol. The van der Waals surface area contributed by atoms with Gasteiger partial charge in [0.2, 0.25) is 0 Å². The van der Waals surface area contributed by atoms with Gasteiger partial charge in [-0.2, -0.15) is 17.4 Å². The zero-order valence-electron chi connectivity index (χ0n) is 11.3. The maximum Gasteiger partial charge on any atom is 0.281 e. The molecule has 108 valence electrons. The van der Waals surface area contributed by atoms with Gasteiger partial charge in [-0.25, -0.2) is 4.39 Å². The van der Waals surface area contributed by atoms with Gasteiger partial charge >= 0.3 is 0 Å². The summed E-state index contributed by atoms with van der Waals surface area (Å²) in [4.78, 5) is 0. The number of hydrogen-bond donors (Lipinski definition) is 1. The second-order valence-corrected chi connectivity index (χ2v) is 13.1. The average molecular weight is 298 g/mol. The third-order valence-electron chi connectivity index (χ3n) is 2.77. The fourth-order valence-corrected chi connectivity index (χ4v) is 3.44. The molecule has 0 aromatic rings. The van der Waals surface area contributed by atoms with E-state index in [1.165, 1.54) is 0 Å². The molecule has 0 aromatic heterocycles. The number of nitrogens with zero attached hydrogens (tertiary/aromatic N) is 1. The first-order chi connectivity index (χ1) is 8.21. The van der Waals surface area contributed by atoms with E-state index in [0.29, 0.717) is 6.61 Å². The zero-order valence-corrected chi connectivity index (χ0v) is 13.1. The molecule has 0 aromatic carbocycles. The van der Waals surface area contributed by atoms with Crippen LogP contribution in [0.2, 0.25) is 25.7 Å². The van der Waals surface area contributed by atoms with Crippen LogP contribution in [-0.4, -0.2) is 53.4 Å². The van der Waals surface area contributed by atoms with Crippen molar-refractivity contribution in [3.05, 3.63) is 0 Å². The Hall–Kier alpha value is -0.0231. The number of nitrogens with one attached hydrogen (secondary N) is 1. The predicted octanol–water partition coefficient (Wildman–Crippen LogP) is 1.18. The Kier molecular flexibility index (Phi) is 5.72. The zero-order chi connectivity index (χ0) is 13.8. The summed E-state index contributed by atoms with van der Waals surface area (Å²) in [6, 6.07) is 0.991. The lowest BCUT2D eigenvalue weighted by atomic mass is 10.4. The van der Waals surface area contributed by atoms with Crippen molar-refractivity contribution in [1.29, 1.82) is 0 Å². The highest BCUT2D eigenvalue weighted by atomic mass is 32.2. The number of alkyl halides is 1. The first-order valence-electron chi connectivity index (χ1n) is 6.17. The normalized spacial score (nSPS) is 22.6. The molecule has 8 heteroatoms. The Morgan fingerprint density at radius 3 is 2.61 bits per heavy atom. The minimum atomic E-state index is -3.58. The highest BCUT2D eigenvalue weighted by molar-refractivity contribution is 7.87. The lowest BCUT2D eigenvalue weighted by molar-refractivity contribution is 0.142. The second kappa shape index (κ2) is 6.42. The number of halogens is 1. The van der Waals surface area contributed by atoms with Gasteiger partial charge in [-0.1, -0.05) is 19.6 Å². The van der Waals surface area contributed by atoms with Gasteiger partial charge < -0.3 is 4.74 Å². The molecule has 1 saturated heterocycles. The van der Waals surface area contributed by atoms with Gasteiger partial charge in [0.05, 0.1) is 0 Å². The molecule has 18 heavy (non-hydrogen) atoms. The third-order valence-corrected chi connectivity index (χ3v) is 5.97. The highest BCUT2D eigenvalue weighted by Gasteiger charge is 2.30. The number of rotatable bonds is 7. The van der Waals surface area contributed by atoms with E-state index in [4.69, 9.17) is 4.74 Å². The molecule has 5 nitrogen and oxygen atoms in total. The Bertz CT molecular complexity index is 359. The molecule has 0 amide bonds. The Morgan fingerprint density at radius 2 is 2.11 bits per heavy atom. The molecule has 1 rings (SSSR count). The summed E-state index contributed by atoms with van der Waals surface area (Å²) in [5, 5.41) is 0. The molecule has 1 aliphatic rings. The van der Waals surface area contributed by atoms with E-state index in [-0.39, 0.29) is 26.2 Å². The summed E-state index contributed by atoms with van der Waals surface area (Å²) >= 11 is 0. The third kappa shape index (κ3) is 5.74. The Balaban J connectivity index is 2.22. The van der Waals surface area contributed by atoms with Crippen LogP contribution in [0.15, 0.2) is 0 Å². The molecule has 1 atom stereocenters. The van der Waals surface area contributed by atoms with Crippen LogP contribution < -0.4 is 4.72 Å². The maximum absolute atomic E-state index is 12.9. The van der Waals surface area contributed by atoms with Crippen LogP contribution in [0.25, 0.3) is 0 Å². The molecular formula is C10H23FN2O3SSi. The fourth-order valence-electron chi connectivity index (χ4n) is 1.56. The van der Waals surface area contributed by atoms with Crippen LogP contribution in [0, 0.1) is 0 Å². The molecule has 0 spiro atoms. The summed E-state index contributed by atoms with van der Waals surface area (Å²) in [5.74, 6) is 0. The molecule has 0 radical (unpaired) electrons. The van der Waals surface area contributed by atoms with Gasteiger partial charge in [-0.05, 0) is 12.5 Å². The van der Waals surface area contributed by atoms with Gasteiger partial charge in [-0.15, -0.1) is 0 Å². The predicted molar refractivity (Wildman–Crippen MR) is 72.1 cm³/mol. The van der Waals surface area contributed by atoms with Gasteiger partial charge in [-0.3, -0.25) is 0 Å². The molecule has 0 aliphatic carbocycles. The first-order valence-corrected chi connectivity index (χ1v) is 11.3. The van der Waals surface area contributed by atoms with Crippen LogP contribution in [0.5, 0.6) is 0 Å². The lowest BCUT2D eigenvalue weighted by Crippen LogP contribution is -2.40. The second-order valence-electron chi connectivity index (χ2n) is 5.76. The van der Waals surface area contributed by atoms with Crippen molar-refractivity contribution in [3.8, 4) is 0 Å². The van der Waals surface area contributed by atoms with Crippen molar-refractivity contribution in [2.24, 2.45) is 0 Å². The molecule has 0 saturated carbocycles. The Labute approximate surface area is 110 Å². The van der Waals surface area contributed by atoms with Crippen molar-refractivity contribution < 1.29 is 17.5 Å². The van der Waals surface area contributed by atoms with E-state index in [1.807, 2.05) is 0 Å². The van der Waals surface area contributed by atoms with Crippen molar-refractivity contribution in [2.75, 3.05) is 26.4 Å². The Morgan fingerprint density at radius 1 is 1.44 bits per heavy atom. The van der Waals surface area contributed by atoms with Crippen LogP contribution in [0.3, 0.4) is 0 Å². The van der Waals surface area contributed by atoms with Crippen molar-refractivity contribution in [2.45, 2.75) is 38.3 Å². The van der Waals surface area contributed by atoms with E-state index >= 15 is 0 Å². The molecule has 1 heterocycles. The van der Waals surface area contributed by atoms with Crippen LogP contribution in [0.1, 0.15) is 6.42 Å². The molecule has 1 unspecified atom stereocenters.